The molecular formula is C25H20O5S. The number of hydrogen-bond acceptors (Lipinski definition) is 6. The zero-order valence-corrected chi connectivity index (χ0v) is 17.8. The molecule has 3 aromatic carbocycles. The minimum absolute atomic E-state index is 0.211. The summed E-state index contributed by atoms with van der Waals surface area (Å²) in [6.07, 6.45) is 3.05. The molecule has 0 saturated heterocycles. The molecule has 1 aromatic heterocycles. The Morgan fingerprint density at radius 3 is 2.32 bits per heavy atom. The third-order valence-electron chi connectivity index (χ3n) is 4.69. The lowest BCUT2D eigenvalue weighted by Gasteiger charge is -2.09. The number of phenolic OH excluding ortho intramolecular Hbond substituents is 1. The summed E-state index contributed by atoms with van der Waals surface area (Å²) in [6.45, 7) is 0. The predicted molar refractivity (Wildman–Crippen MR) is 123 cm³/mol. The fraction of sp³-hybridized carbons (Fsp3) is 0.0800. The SMILES string of the molecule is COC(=O)/C=C/c1ccc(Oc2c(-c3ccc(OC)cc3)sc3cc(O)ccc23)cc1. The van der Waals surface area contributed by atoms with Crippen LogP contribution >= 0.6 is 11.3 Å². The molecule has 156 valence electrons. The van der Waals surface area contributed by atoms with Gasteiger partial charge >= 0.3 is 5.97 Å². The molecule has 6 heteroatoms. The van der Waals surface area contributed by atoms with Crippen LogP contribution in [-0.4, -0.2) is 25.3 Å². The van der Waals surface area contributed by atoms with E-state index in [4.69, 9.17) is 9.47 Å². The molecule has 0 fully saturated rings. The Morgan fingerprint density at radius 2 is 1.65 bits per heavy atom. The Labute approximate surface area is 183 Å². The maximum Gasteiger partial charge on any atom is 0.330 e. The molecule has 1 heterocycles. The lowest BCUT2D eigenvalue weighted by Crippen LogP contribution is -1.93. The highest BCUT2D eigenvalue weighted by molar-refractivity contribution is 7.22. The number of benzene rings is 3. The number of carbonyl (C=O) groups excluding carboxylic acids is 1. The second-order valence-electron chi connectivity index (χ2n) is 6.70. The smallest absolute Gasteiger partial charge is 0.330 e. The molecule has 1 N–H and O–H groups in total. The summed E-state index contributed by atoms with van der Waals surface area (Å²) in [7, 11) is 2.98. The van der Waals surface area contributed by atoms with Crippen LogP contribution in [0, 0.1) is 0 Å². The maximum absolute atomic E-state index is 11.3. The summed E-state index contributed by atoms with van der Waals surface area (Å²) in [6, 6.07) is 20.4. The molecule has 0 amide bonds. The van der Waals surface area contributed by atoms with Crippen molar-refractivity contribution in [2.24, 2.45) is 0 Å². The van der Waals surface area contributed by atoms with Gasteiger partial charge in [-0.05, 0) is 71.8 Å². The Bertz CT molecular complexity index is 1240. The second-order valence-corrected chi connectivity index (χ2v) is 7.75. The molecule has 0 spiro atoms. The first-order chi connectivity index (χ1) is 15.1. The number of carbonyl (C=O) groups is 1. The van der Waals surface area contributed by atoms with Crippen LogP contribution in [0.15, 0.2) is 72.8 Å². The molecule has 0 unspecified atom stereocenters. The monoisotopic (exact) mass is 432 g/mol. The molecule has 0 saturated carbocycles. The van der Waals surface area contributed by atoms with Crippen LogP contribution in [0.5, 0.6) is 23.0 Å². The van der Waals surface area contributed by atoms with Crippen LogP contribution in [0.1, 0.15) is 5.56 Å². The number of thiophene rings is 1. The summed E-state index contributed by atoms with van der Waals surface area (Å²) < 4.78 is 17.1. The molecule has 4 aromatic rings. The van der Waals surface area contributed by atoms with Gasteiger partial charge in [-0.2, -0.15) is 0 Å². The number of rotatable bonds is 6. The zero-order valence-electron chi connectivity index (χ0n) is 17.0. The van der Waals surface area contributed by atoms with Crippen LogP contribution in [0.2, 0.25) is 0 Å². The Morgan fingerprint density at radius 1 is 0.935 bits per heavy atom. The van der Waals surface area contributed by atoms with Crippen molar-refractivity contribution in [1.82, 2.24) is 0 Å². The molecule has 0 atom stereocenters. The number of aromatic hydroxyl groups is 1. The molecule has 0 aliphatic carbocycles. The summed E-state index contributed by atoms with van der Waals surface area (Å²) in [5, 5.41) is 10.8. The van der Waals surface area contributed by atoms with Crippen molar-refractivity contribution in [2.75, 3.05) is 14.2 Å². The van der Waals surface area contributed by atoms with E-state index in [0.717, 1.165) is 37.6 Å². The number of hydrogen-bond donors (Lipinski definition) is 1. The average molecular weight is 432 g/mol. The maximum atomic E-state index is 11.3. The molecular weight excluding hydrogens is 412 g/mol. The van der Waals surface area contributed by atoms with Gasteiger partial charge in [0.25, 0.3) is 0 Å². The fourth-order valence-electron chi connectivity index (χ4n) is 3.09. The van der Waals surface area contributed by atoms with Gasteiger partial charge in [-0.3, -0.25) is 0 Å². The molecule has 31 heavy (non-hydrogen) atoms. The number of esters is 1. The van der Waals surface area contributed by atoms with Crippen molar-refractivity contribution in [3.63, 3.8) is 0 Å². The van der Waals surface area contributed by atoms with Crippen molar-refractivity contribution >= 4 is 33.5 Å². The van der Waals surface area contributed by atoms with E-state index in [1.54, 1.807) is 36.7 Å². The van der Waals surface area contributed by atoms with E-state index in [1.807, 2.05) is 54.6 Å². The first-order valence-electron chi connectivity index (χ1n) is 9.51. The van der Waals surface area contributed by atoms with Gasteiger partial charge in [0.2, 0.25) is 0 Å². The highest BCUT2D eigenvalue weighted by Gasteiger charge is 2.17. The lowest BCUT2D eigenvalue weighted by molar-refractivity contribution is -0.134. The Hall–Kier alpha value is -3.77. The van der Waals surface area contributed by atoms with Gasteiger partial charge in [0, 0.05) is 16.2 Å². The van der Waals surface area contributed by atoms with Crippen LogP contribution in [0.4, 0.5) is 0 Å². The minimum atomic E-state index is -0.405. The third-order valence-corrected chi connectivity index (χ3v) is 5.88. The summed E-state index contributed by atoms with van der Waals surface area (Å²) in [5.41, 5.74) is 1.85. The normalized spacial score (nSPS) is 11.0. The highest BCUT2D eigenvalue weighted by Crippen LogP contribution is 2.47. The largest absolute Gasteiger partial charge is 0.508 e. The molecule has 4 rings (SSSR count). The summed E-state index contributed by atoms with van der Waals surface area (Å²) in [4.78, 5) is 12.2. The minimum Gasteiger partial charge on any atom is -0.508 e. The van der Waals surface area contributed by atoms with Gasteiger partial charge in [0.05, 0.1) is 19.1 Å². The quantitative estimate of drug-likeness (QED) is 0.288. The predicted octanol–water partition coefficient (Wildman–Crippen LogP) is 6.26. The van der Waals surface area contributed by atoms with Gasteiger partial charge in [-0.1, -0.05) is 12.1 Å². The highest BCUT2D eigenvalue weighted by atomic mass is 32.1. The molecule has 0 aliphatic heterocycles. The van der Waals surface area contributed by atoms with E-state index in [0.29, 0.717) is 5.75 Å². The lowest BCUT2D eigenvalue weighted by atomic mass is 10.1. The van der Waals surface area contributed by atoms with Gasteiger partial charge in [0.1, 0.15) is 17.2 Å². The number of methoxy groups -OCH3 is 2. The molecule has 0 aliphatic rings. The van der Waals surface area contributed by atoms with Gasteiger partial charge in [-0.25, -0.2) is 4.79 Å². The van der Waals surface area contributed by atoms with Crippen molar-refractivity contribution in [1.29, 1.82) is 0 Å². The van der Waals surface area contributed by atoms with Gasteiger partial charge in [0.15, 0.2) is 5.75 Å². The van der Waals surface area contributed by atoms with E-state index in [-0.39, 0.29) is 5.75 Å². The topological polar surface area (TPSA) is 65.0 Å². The first-order valence-corrected chi connectivity index (χ1v) is 10.3. The zero-order chi connectivity index (χ0) is 21.8. The number of ether oxygens (including phenoxy) is 3. The second kappa shape index (κ2) is 8.93. The Balaban J connectivity index is 1.70. The molecule has 0 bridgehead atoms. The van der Waals surface area contributed by atoms with Crippen molar-refractivity contribution in [2.45, 2.75) is 0 Å². The van der Waals surface area contributed by atoms with E-state index < -0.39 is 5.97 Å². The first kappa shape index (κ1) is 20.5. The number of phenols is 1. The van der Waals surface area contributed by atoms with E-state index in [9.17, 15) is 9.90 Å². The van der Waals surface area contributed by atoms with Gasteiger partial charge < -0.3 is 19.3 Å². The third kappa shape index (κ3) is 4.54. The summed E-state index contributed by atoms with van der Waals surface area (Å²) >= 11 is 1.55. The van der Waals surface area contributed by atoms with Crippen LogP contribution in [0.3, 0.4) is 0 Å². The molecule has 5 nitrogen and oxygen atoms in total. The fourth-order valence-corrected chi connectivity index (χ4v) is 4.26. The van der Waals surface area contributed by atoms with Crippen molar-refractivity contribution < 1.29 is 24.1 Å². The standard InChI is InChI=1S/C25H20O5S/c1-28-19-11-6-17(7-12-19)25-24(21-13-8-18(26)15-22(21)31-25)30-20-9-3-16(4-10-20)5-14-23(27)29-2/h3-15,26H,1-2H3/b14-5+. The summed E-state index contributed by atoms with van der Waals surface area (Å²) in [5.74, 6) is 1.97. The van der Waals surface area contributed by atoms with E-state index in [2.05, 4.69) is 4.74 Å². The van der Waals surface area contributed by atoms with Crippen LogP contribution in [0.25, 0.3) is 26.6 Å². The van der Waals surface area contributed by atoms with Crippen LogP contribution < -0.4 is 9.47 Å². The number of fused-ring (bicyclic) bond motifs is 1. The van der Waals surface area contributed by atoms with Crippen molar-refractivity contribution in [3.05, 3.63) is 78.4 Å². The van der Waals surface area contributed by atoms with Gasteiger partial charge in [-0.15, -0.1) is 11.3 Å². The van der Waals surface area contributed by atoms with Crippen molar-refractivity contribution in [3.8, 4) is 33.4 Å². The molecule has 0 radical (unpaired) electrons. The Kier molecular flexibility index (Phi) is 5.91. The van der Waals surface area contributed by atoms with E-state index >= 15 is 0 Å². The van der Waals surface area contributed by atoms with E-state index in [1.165, 1.54) is 13.2 Å². The van der Waals surface area contributed by atoms with Crippen LogP contribution in [-0.2, 0) is 9.53 Å². The average Bonchev–Trinajstić information content (AvgIpc) is 3.15.